The van der Waals surface area contributed by atoms with E-state index in [1.54, 1.807) is 12.1 Å². The predicted octanol–water partition coefficient (Wildman–Crippen LogP) is 3.08. The van der Waals surface area contributed by atoms with Crippen molar-refractivity contribution in [3.05, 3.63) is 29.2 Å². The Morgan fingerprint density at radius 2 is 1.88 bits per heavy atom. The monoisotopic (exact) mass is 346 g/mol. The number of nitrogens with one attached hydrogen (secondary N) is 1. The van der Waals surface area contributed by atoms with Crippen LogP contribution in [0.3, 0.4) is 0 Å². The number of nitrogens with zero attached hydrogens (tertiary/aromatic N) is 1. The van der Waals surface area contributed by atoms with Crippen LogP contribution >= 0.6 is 0 Å². The summed E-state index contributed by atoms with van der Waals surface area (Å²) in [6.07, 6.45) is 2.67. The summed E-state index contributed by atoms with van der Waals surface area (Å²) in [7, 11) is 4.58. The Morgan fingerprint density at radius 3 is 2.48 bits per heavy atom. The molecule has 134 valence electrons. The maximum absolute atomic E-state index is 12.7. The molecule has 1 aliphatic rings. The standard InChI is InChI=1S/C18H22N2O5/c1-10-5-6-13-12(7-10)16(20-25-13)18(21)19-11-8-14(22-2)17(24-4)15(9-11)23-3/h8-10H,5-7H2,1-4H3,(H,19,21)/t10-/m1/s1. The summed E-state index contributed by atoms with van der Waals surface area (Å²) in [6, 6.07) is 3.35. The van der Waals surface area contributed by atoms with E-state index in [-0.39, 0.29) is 5.91 Å². The van der Waals surface area contributed by atoms with Crippen molar-refractivity contribution >= 4 is 11.6 Å². The molecule has 1 aromatic heterocycles. The molecule has 1 heterocycles. The highest BCUT2D eigenvalue weighted by Gasteiger charge is 2.27. The molecule has 0 fully saturated rings. The van der Waals surface area contributed by atoms with Gasteiger partial charge in [0.25, 0.3) is 5.91 Å². The van der Waals surface area contributed by atoms with Gasteiger partial charge in [-0.1, -0.05) is 12.1 Å². The lowest BCUT2D eigenvalue weighted by Crippen LogP contribution is -2.18. The first-order valence-corrected chi connectivity index (χ1v) is 8.16. The minimum absolute atomic E-state index is 0.312. The Kier molecular flexibility index (Phi) is 4.83. The predicted molar refractivity (Wildman–Crippen MR) is 91.7 cm³/mol. The average Bonchev–Trinajstić information content (AvgIpc) is 3.03. The number of ether oxygens (including phenoxy) is 3. The van der Waals surface area contributed by atoms with Crippen LogP contribution in [0.2, 0.25) is 0 Å². The molecule has 25 heavy (non-hydrogen) atoms. The molecule has 0 saturated carbocycles. The van der Waals surface area contributed by atoms with E-state index in [0.717, 1.165) is 30.6 Å². The molecular formula is C18H22N2O5. The van der Waals surface area contributed by atoms with Gasteiger partial charge in [-0.2, -0.15) is 0 Å². The van der Waals surface area contributed by atoms with E-state index >= 15 is 0 Å². The zero-order valence-corrected chi connectivity index (χ0v) is 14.8. The quantitative estimate of drug-likeness (QED) is 0.896. The molecule has 7 nitrogen and oxygen atoms in total. The molecule has 1 aromatic carbocycles. The van der Waals surface area contributed by atoms with Gasteiger partial charge in [-0.15, -0.1) is 0 Å². The van der Waals surface area contributed by atoms with Crippen molar-refractivity contribution in [1.29, 1.82) is 0 Å². The summed E-state index contributed by atoms with van der Waals surface area (Å²) < 4.78 is 21.2. The lowest BCUT2D eigenvalue weighted by atomic mass is 9.88. The topological polar surface area (TPSA) is 82.8 Å². The third-order valence-electron chi connectivity index (χ3n) is 4.42. The largest absolute Gasteiger partial charge is 0.493 e. The van der Waals surface area contributed by atoms with E-state index in [9.17, 15) is 4.79 Å². The first-order chi connectivity index (χ1) is 12.1. The van der Waals surface area contributed by atoms with Crippen LogP contribution in [0.25, 0.3) is 0 Å². The minimum Gasteiger partial charge on any atom is -0.493 e. The average molecular weight is 346 g/mol. The third kappa shape index (κ3) is 3.26. The Balaban J connectivity index is 1.88. The zero-order valence-electron chi connectivity index (χ0n) is 14.8. The fourth-order valence-corrected chi connectivity index (χ4v) is 3.10. The van der Waals surface area contributed by atoms with Crippen LogP contribution in [0.15, 0.2) is 16.7 Å². The normalized spacial score (nSPS) is 16.1. The van der Waals surface area contributed by atoms with Gasteiger partial charge in [-0.3, -0.25) is 4.79 Å². The van der Waals surface area contributed by atoms with Crippen molar-refractivity contribution in [3.63, 3.8) is 0 Å². The highest BCUT2D eigenvalue weighted by molar-refractivity contribution is 6.04. The molecule has 0 saturated heterocycles. The summed E-state index contributed by atoms with van der Waals surface area (Å²) in [4.78, 5) is 12.7. The molecule has 0 spiro atoms. The second-order valence-electron chi connectivity index (χ2n) is 6.15. The van der Waals surface area contributed by atoms with Crippen LogP contribution in [0.4, 0.5) is 5.69 Å². The Hall–Kier alpha value is -2.70. The van der Waals surface area contributed by atoms with E-state index in [1.165, 1.54) is 21.3 Å². The number of hydrogen-bond acceptors (Lipinski definition) is 6. The van der Waals surface area contributed by atoms with Crippen molar-refractivity contribution in [2.24, 2.45) is 5.92 Å². The van der Waals surface area contributed by atoms with Gasteiger partial charge in [0.05, 0.1) is 21.3 Å². The molecule has 0 aliphatic heterocycles. The fraction of sp³-hybridized carbons (Fsp3) is 0.444. The Bertz CT molecular complexity index is 759. The number of anilines is 1. The molecule has 2 aromatic rings. The van der Waals surface area contributed by atoms with Crippen LogP contribution in [0.1, 0.15) is 35.2 Å². The van der Waals surface area contributed by atoms with Gasteiger partial charge in [0.1, 0.15) is 5.76 Å². The molecule has 1 aliphatic carbocycles. The SMILES string of the molecule is COc1cc(NC(=O)c2noc3c2C[C@H](C)CC3)cc(OC)c1OC. The van der Waals surface area contributed by atoms with E-state index in [4.69, 9.17) is 18.7 Å². The molecule has 1 atom stereocenters. The third-order valence-corrected chi connectivity index (χ3v) is 4.42. The van der Waals surface area contributed by atoms with Crippen LogP contribution in [-0.2, 0) is 12.8 Å². The summed E-state index contributed by atoms with van der Waals surface area (Å²) in [5, 5.41) is 6.81. The van der Waals surface area contributed by atoms with Gasteiger partial charge in [0.2, 0.25) is 5.75 Å². The number of fused-ring (bicyclic) bond motifs is 1. The van der Waals surface area contributed by atoms with Gasteiger partial charge in [-0.05, 0) is 18.8 Å². The van der Waals surface area contributed by atoms with Gasteiger partial charge < -0.3 is 24.1 Å². The second-order valence-corrected chi connectivity index (χ2v) is 6.15. The first kappa shape index (κ1) is 17.1. The molecule has 0 radical (unpaired) electrons. The van der Waals surface area contributed by atoms with Gasteiger partial charge >= 0.3 is 0 Å². The van der Waals surface area contributed by atoms with E-state index in [2.05, 4.69) is 17.4 Å². The van der Waals surface area contributed by atoms with Gasteiger partial charge in [0, 0.05) is 29.8 Å². The summed E-state index contributed by atoms with van der Waals surface area (Å²) >= 11 is 0. The fourth-order valence-electron chi connectivity index (χ4n) is 3.10. The molecule has 7 heteroatoms. The number of hydrogen-bond donors (Lipinski definition) is 1. The van der Waals surface area contributed by atoms with E-state index in [1.807, 2.05) is 0 Å². The van der Waals surface area contributed by atoms with Crippen LogP contribution in [-0.4, -0.2) is 32.4 Å². The summed E-state index contributed by atoms with van der Waals surface area (Å²) in [5.74, 6) is 2.41. The van der Waals surface area contributed by atoms with Crippen molar-refractivity contribution in [3.8, 4) is 17.2 Å². The lowest BCUT2D eigenvalue weighted by Gasteiger charge is -2.17. The highest BCUT2D eigenvalue weighted by atomic mass is 16.5. The smallest absolute Gasteiger partial charge is 0.278 e. The maximum Gasteiger partial charge on any atom is 0.278 e. The van der Waals surface area contributed by atoms with Crippen molar-refractivity contribution in [2.75, 3.05) is 26.6 Å². The number of rotatable bonds is 5. The minimum atomic E-state index is -0.312. The van der Waals surface area contributed by atoms with Gasteiger partial charge in [-0.25, -0.2) is 0 Å². The van der Waals surface area contributed by atoms with Crippen LogP contribution < -0.4 is 19.5 Å². The second kappa shape index (κ2) is 7.04. The zero-order chi connectivity index (χ0) is 18.0. The van der Waals surface area contributed by atoms with Crippen LogP contribution in [0, 0.1) is 5.92 Å². The molecule has 0 unspecified atom stereocenters. The van der Waals surface area contributed by atoms with Gasteiger partial charge in [0.15, 0.2) is 17.2 Å². The number of benzene rings is 1. The van der Waals surface area contributed by atoms with Crippen molar-refractivity contribution in [2.45, 2.75) is 26.2 Å². The number of carbonyl (C=O) groups is 1. The highest BCUT2D eigenvalue weighted by Crippen LogP contribution is 2.40. The summed E-state index contributed by atoms with van der Waals surface area (Å²) in [6.45, 7) is 2.16. The number of methoxy groups -OCH3 is 3. The number of amides is 1. The number of aryl methyl sites for hydroxylation is 1. The molecular weight excluding hydrogens is 324 g/mol. The van der Waals surface area contributed by atoms with E-state index < -0.39 is 0 Å². The Labute approximate surface area is 146 Å². The Morgan fingerprint density at radius 1 is 1.20 bits per heavy atom. The molecule has 0 bridgehead atoms. The summed E-state index contributed by atoms with van der Waals surface area (Å²) in [5.41, 5.74) is 1.78. The van der Waals surface area contributed by atoms with Crippen LogP contribution in [0.5, 0.6) is 17.2 Å². The molecule has 1 N–H and O–H groups in total. The first-order valence-electron chi connectivity index (χ1n) is 8.16. The van der Waals surface area contributed by atoms with Crippen molar-refractivity contribution in [1.82, 2.24) is 5.16 Å². The molecule has 1 amide bonds. The lowest BCUT2D eigenvalue weighted by molar-refractivity contribution is 0.101. The van der Waals surface area contributed by atoms with E-state index in [0.29, 0.717) is 34.5 Å². The van der Waals surface area contributed by atoms with Crippen molar-refractivity contribution < 1.29 is 23.5 Å². The number of carbonyl (C=O) groups excluding carboxylic acids is 1. The molecule has 3 rings (SSSR count). The number of aromatic nitrogens is 1. The maximum atomic E-state index is 12.7.